The van der Waals surface area contributed by atoms with Crippen molar-refractivity contribution in [2.24, 2.45) is 5.73 Å². The lowest BCUT2D eigenvalue weighted by atomic mass is 9.71. The maximum atomic E-state index is 13.9. The van der Waals surface area contributed by atoms with Crippen molar-refractivity contribution in [2.45, 2.75) is 31.6 Å². The maximum Gasteiger partial charge on any atom is 0.271 e. The van der Waals surface area contributed by atoms with Crippen molar-refractivity contribution in [1.29, 1.82) is 5.26 Å². The van der Waals surface area contributed by atoms with Crippen molar-refractivity contribution in [3.63, 3.8) is 0 Å². The molecule has 0 fully saturated rings. The third-order valence-corrected chi connectivity index (χ3v) is 7.33. The number of nitro benzene ring substituents is 1. The maximum absolute atomic E-state index is 13.9. The van der Waals surface area contributed by atoms with Crippen LogP contribution in [0.1, 0.15) is 41.4 Å². The van der Waals surface area contributed by atoms with Crippen LogP contribution in [0.2, 0.25) is 0 Å². The van der Waals surface area contributed by atoms with Gasteiger partial charge in [-0.2, -0.15) is 5.26 Å². The largest absolute Gasteiger partial charge is 0.497 e. The monoisotopic (exact) mass is 506 g/mol. The van der Waals surface area contributed by atoms with E-state index in [1.54, 1.807) is 30.2 Å². The average molecular weight is 507 g/mol. The Labute approximate surface area is 220 Å². The van der Waals surface area contributed by atoms with Crippen molar-refractivity contribution in [3.8, 4) is 11.8 Å². The molecule has 3 aromatic rings. The van der Waals surface area contributed by atoms with Gasteiger partial charge in [0.2, 0.25) is 0 Å². The highest BCUT2D eigenvalue weighted by molar-refractivity contribution is 6.02. The number of hydrogen-bond donors (Lipinski definition) is 1. The van der Waals surface area contributed by atoms with Crippen LogP contribution in [0.5, 0.6) is 5.75 Å². The number of aryl methyl sites for hydroxylation is 1. The van der Waals surface area contributed by atoms with Crippen LogP contribution >= 0.6 is 0 Å². The molecule has 0 radical (unpaired) electrons. The summed E-state index contributed by atoms with van der Waals surface area (Å²) < 4.78 is 5.30. The van der Waals surface area contributed by atoms with Crippen LogP contribution in [0.3, 0.4) is 0 Å². The first-order chi connectivity index (χ1) is 18.3. The fourth-order valence-corrected chi connectivity index (χ4v) is 5.45. The van der Waals surface area contributed by atoms with E-state index in [1.165, 1.54) is 12.1 Å². The third-order valence-electron chi connectivity index (χ3n) is 7.33. The number of ether oxygens (including phenoxy) is 1. The summed E-state index contributed by atoms with van der Waals surface area (Å²) >= 11 is 0. The Hall–Kier alpha value is -4.90. The van der Waals surface area contributed by atoms with E-state index in [4.69, 9.17) is 10.5 Å². The number of rotatable bonds is 5. The topological polar surface area (TPSA) is 122 Å². The van der Waals surface area contributed by atoms with Crippen LogP contribution in [0, 0.1) is 28.4 Å². The molecule has 0 saturated heterocycles. The van der Waals surface area contributed by atoms with Gasteiger partial charge in [0.1, 0.15) is 11.6 Å². The molecule has 38 heavy (non-hydrogen) atoms. The Bertz CT molecular complexity index is 1530. The van der Waals surface area contributed by atoms with Crippen LogP contribution in [-0.2, 0) is 4.79 Å². The zero-order valence-corrected chi connectivity index (χ0v) is 21.0. The van der Waals surface area contributed by atoms with Gasteiger partial charge >= 0.3 is 0 Å². The first kappa shape index (κ1) is 24.8. The highest BCUT2D eigenvalue weighted by atomic mass is 16.6. The standard InChI is InChI=1S/C30H26N4O4/c1-18-8-11-22(34(36)37)16-25(18)33-26-14-21(19-6-4-3-5-7-19)15-27(35)29(26)28(24(17-31)30(33)32)20-9-12-23(38-2)13-10-20/h3-13,16,21,28H,14-15,32H2,1-2H3/t21-,28+/m0/s1. The smallest absolute Gasteiger partial charge is 0.271 e. The highest BCUT2D eigenvalue weighted by Gasteiger charge is 2.43. The molecule has 1 aliphatic heterocycles. The van der Waals surface area contributed by atoms with Gasteiger partial charge in [-0.05, 0) is 48.1 Å². The first-order valence-corrected chi connectivity index (χ1v) is 12.2. The molecule has 0 amide bonds. The summed E-state index contributed by atoms with van der Waals surface area (Å²) in [5.41, 5.74) is 11.0. The van der Waals surface area contributed by atoms with Gasteiger partial charge in [0.05, 0.1) is 35.3 Å². The molecular weight excluding hydrogens is 480 g/mol. The average Bonchev–Trinajstić information content (AvgIpc) is 2.93. The van der Waals surface area contributed by atoms with E-state index in [2.05, 4.69) is 6.07 Å². The number of carbonyl (C=O) groups excluding carboxylic acids is 1. The number of nitro groups is 1. The summed E-state index contributed by atoms with van der Waals surface area (Å²) in [7, 11) is 1.57. The number of benzene rings is 3. The number of Topliss-reactive ketones (excluding diaryl/α,β-unsaturated/α-hetero) is 1. The number of methoxy groups -OCH3 is 1. The molecule has 2 atom stereocenters. The number of anilines is 1. The molecule has 0 aromatic heterocycles. The Kier molecular flexibility index (Phi) is 6.43. The molecule has 2 aliphatic rings. The van der Waals surface area contributed by atoms with Gasteiger partial charge in [-0.1, -0.05) is 48.5 Å². The molecule has 3 aromatic carbocycles. The van der Waals surface area contributed by atoms with Crippen molar-refractivity contribution < 1.29 is 14.5 Å². The fourth-order valence-electron chi connectivity index (χ4n) is 5.45. The van der Waals surface area contributed by atoms with Crippen molar-refractivity contribution >= 4 is 17.2 Å². The predicted molar refractivity (Wildman–Crippen MR) is 143 cm³/mol. The molecule has 5 rings (SSSR count). The van der Waals surface area contributed by atoms with E-state index in [0.29, 0.717) is 29.1 Å². The first-order valence-electron chi connectivity index (χ1n) is 12.2. The van der Waals surface area contributed by atoms with Crippen molar-refractivity contribution in [1.82, 2.24) is 0 Å². The molecule has 2 N–H and O–H groups in total. The lowest BCUT2D eigenvalue weighted by Crippen LogP contribution is -2.40. The number of non-ortho nitro benzene ring substituents is 1. The fraction of sp³-hybridized carbons (Fsp3) is 0.200. The van der Waals surface area contributed by atoms with E-state index < -0.39 is 10.8 Å². The van der Waals surface area contributed by atoms with E-state index in [-0.39, 0.29) is 35.2 Å². The van der Waals surface area contributed by atoms with E-state index in [1.807, 2.05) is 49.4 Å². The number of hydrogen-bond acceptors (Lipinski definition) is 7. The number of nitrogens with two attached hydrogens (primary N) is 1. The minimum absolute atomic E-state index is 0.0748. The summed E-state index contributed by atoms with van der Waals surface area (Å²) in [6.45, 7) is 1.83. The van der Waals surface area contributed by atoms with Crippen LogP contribution in [0.15, 0.2) is 95.5 Å². The molecule has 8 nitrogen and oxygen atoms in total. The molecule has 1 aliphatic carbocycles. The Morgan fingerprint density at radius 3 is 2.39 bits per heavy atom. The zero-order valence-electron chi connectivity index (χ0n) is 21.0. The Morgan fingerprint density at radius 1 is 1.05 bits per heavy atom. The minimum atomic E-state index is -0.652. The second-order valence-corrected chi connectivity index (χ2v) is 9.48. The molecule has 0 bridgehead atoms. The van der Waals surface area contributed by atoms with Gasteiger partial charge in [-0.3, -0.25) is 19.8 Å². The quantitative estimate of drug-likeness (QED) is 0.352. The molecule has 0 spiro atoms. The third kappa shape index (κ3) is 4.18. The molecule has 0 unspecified atom stereocenters. The van der Waals surface area contributed by atoms with Crippen LogP contribution < -0.4 is 15.4 Å². The van der Waals surface area contributed by atoms with E-state index in [0.717, 1.165) is 16.7 Å². The van der Waals surface area contributed by atoms with Crippen LogP contribution in [-0.4, -0.2) is 17.8 Å². The number of nitriles is 1. The van der Waals surface area contributed by atoms with Gasteiger partial charge in [-0.15, -0.1) is 0 Å². The van der Waals surface area contributed by atoms with Gasteiger partial charge in [0.25, 0.3) is 5.69 Å². The normalized spacial score (nSPS) is 19.2. The number of nitrogens with zero attached hydrogens (tertiary/aromatic N) is 3. The SMILES string of the molecule is COc1ccc([C@@H]2C(C#N)=C(N)N(c3cc([N+](=O)[O-])ccc3C)C3=C2C(=O)C[C@@H](c2ccccc2)C3)cc1. The Morgan fingerprint density at radius 2 is 1.76 bits per heavy atom. The summed E-state index contributed by atoms with van der Waals surface area (Å²) in [6.07, 6.45) is 0.773. The van der Waals surface area contributed by atoms with Crippen molar-refractivity contribution in [3.05, 3.63) is 122 Å². The number of ketones is 1. The van der Waals surface area contributed by atoms with E-state index >= 15 is 0 Å². The minimum Gasteiger partial charge on any atom is -0.497 e. The zero-order chi connectivity index (χ0) is 27.0. The summed E-state index contributed by atoms with van der Waals surface area (Å²) in [5, 5.41) is 21.9. The molecule has 190 valence electrons. The van der Waals surface area contributed by atoms with Crippen LogP contribution in [0.25, 0.3) is 0 Å². The van der Waals surface area contributed by atoms with Crippen LogP contribution in [0.4, 0.5) is 11.4 Å². The Balaban J connectivity index is 1.75. The van der Waals surface area contributed by atoms with Gasteiger partial charge in [-0.25, -0.2) is 0 Å². The summed E-state index contributed by atoms with van der Waals surface area (Å²) in [6, 6.07) is 23.8. The van der Waals surface area contributed by atoms with Gasteiger partial charge in [0.15, 0.2) is 5.78 Å². The highest BCUT2D eigenvalue weighted by Crippen LogP contribution is 2.50. The molecular formula is C30H26N4O4. The predicted octanol–water partition coefficient (Wildman–Crippen LogP) is 5.61. The second-order valence-electron chi connectivity index (χ2n) is 9.48. The lowest BCUT2D eigenvalue weighted by Gasteiger charge is -2.42. The summed E-state index contributed by atoms with van der Waals surface area (Å²) in [4.78, 5) is 26.8. The van der Waals surface area contributed by atoms with E-state index in [9.17, 15) is 20.2 Å². The molecule has 0 saturated carbocycles. The number of allylic oxidation sites excluding steroid dienone is 3. The lowest BCUT2D eigenvalue weighted by molar-refractivity contribution is -0.384. The number of carbonyl (C=O) groups is 1. The molecule has 1 heterocycles. The van der Waals surface area contributed by atoms with Gasteiger partial charge < -0.3 is 10.5 Å². The van der Waals surface area contributed by atoms with Gasteiger partial charge in [0, 0.05) is 29.8 Å². The second kappa shape index (κ2) is 9.87. The van der Waals surface area contributed by atoms with Crippen molar-refractivity contribution in [2.75, 3.05) is 12.0 Å². The molecule has 8 heteroatoms. The summed E-state index contributed by atoms with van der Waals surface area (Å²) in [5.74, 6) is -0.00842.